The summed E-state index contributed by atoms with van der Waals surface area (Å²) in [6, 6.07) is 3.93. The molecule has 2 N–H and O–H groups in total. The molecule has 110 valence electrons. The Kier molecular flexibility index (Phi) is 5.83. The number of carbonyl (C=O) groups excluding carboxylic acids is 1. The molecule has 0 aromatic carbocycles. The molecular weight excluding hydrogens is 256 g/mol. The SMILES string of the molecule is CCOC(=O)[C@H]1CNCC[C@H]1NCC=Cc1ccco1. The molecular formula is C15H22N2O3. The second-order valence-corrected chi connectivity index (χ2v) is 4.78. The number of hydrogen-bond acceptors (Lipinski definition) is 5. The van der Waals surface area contributed by atoms with E-state index in [2.05, 4.69) is 10.6 Å². The molecule has 1 aromatic heterocycles. The highest BCUT2D eigenvalue weighted by Crippen LogP contribution is 2.13. The number of rotatable bonds is 6. The summed E-state index contributed by atoms with van der Waals surface area (Å²) in [6.45, 7) is 4.58. The van der Waals surface area contributed by atoms with Crippen molar-refractivity contribution < 1.29 is 13.9 Å². The van der Waals surface area contributed by atoms with Crippen molar-refractivity contribution in [1.82, 2.24) is 10.6 Å². The first-order valence-electron chi connectivity index (χ1n) is 7.12. The van der Waals surface area contributed by atoms with Crippen LogP contribution in [0, 0.1) is 5.92 Å². The lowest BCUT2D eigenvalue weighted by molar-refractivity contribution is -0.149. The van der Waals surface area contributed by atoms with Crippen LogP contribution in [-0.2, 0) is 9.53 Å². The number of carbonyl (C=O) groups is 1. The van der Waals surface area contributed by atoms with Crippen LogP contribution in [0.1, 0.15) is 19.1 Å². The van der Waals surface area contributed by atoms with E-state index in [1.807, 2.05) is 31.2 Å². The zero-order valence-electron chi connectivity index (χ0n) is 11.8. The second-order valence-electron chi connectivity index (χ2n) is 4.78. The molecule has 1 aliphatic rings. The lowest BCUT2D eigenvalue weighted by atomic mass is 9.93. The van der Waals surface area contributed by atoms with Crippen molar-refractivity contribution in [3.8, 4) is 0 Å². The first-order valence-corrected chi connectivity index (χ1v) is 7.12. The van der Waals surface area contributed by atoms with Crippen LogP contribution in [0.15, 0.2) is 28.9 Å². The fraction of sp³-hybridized carbons (Fsp3) is 0.533. The number of furan rings is 1. The molecule has 1 aromatic rings. The number of ether oxygens (including phenoxy) is 1. The van der Waals surface area contributed by atoms with Gasteiger partial charge < -0.3 is 19.8 Å². The summed E-state index contributed by atoms with van der Waals surface area (Å²) in [5.74, 6) is 0.604. The first kappa shape index (κ1) is 14.8. The lowest BCUT2D eigenvalue weighted by Crippen LogP contribution is -2.51. The van der Waals surface area contributed by atoms with Gasteiger partial charge in [-0.1, -0.05) is 6.08 Å². The molecule has 0 bridgehead atoms. The zero-order chi connectivity index (χ0) is 14.2. The zero-order valence-corrected chi connectivity index (χ0v) is 11.8. The van der Waals surface area contributed by atoms with Crippen molar-refractivity contribution in [1.29, 1.82) is 0 Å². The summed E-state index contributed by atoms with van der Waals surface area (Å²) in [6.07, 6.45) is 6.51. The Bertz CT molecular complexity index is 428. The van der Waals surface area contributed by atoms with Gasteiger partial charge in [-0.25, -0.2) is 0 Å². The van der Waals surface area contributed by atoms with Gasteiger partial charge in [0.2, 0.25) is 0 Å². The fourth-order valence-electron chi connectivity index (χ4n) is 2.38. The maximum atomic E-state index is 11.9. The smallest absolute Gasteiger partial charge is 0.311 e. The molecule has 5 nitrogen and oxygen atoms in total. The van der Waals surface area contributed by atoms with Crippen LogP contribution in [0.25, 0.3) is 6.08 Å². The Balaban J connectivity index is 1.81. The second kappa shape index (κ2) is 7.87. The van der Waals surface area contributed by atoms with Crippen molar-refractivity contribution in [3.05, 3.63) is 30.2 Å². The highest BCUT2D eigenvalue weighted by atomic mass is 16.5. The molecule has 1 fully saturated rings. The molecule has 0 unspecified atom stereocenters. The van der Waals surface area contributed by atoms with Gasteiger partial charge in [-0.3, -0.25) is 4.79 Å². The van der Waals surface area contributed by atoms with Crippen molar-refractivity contribution in [2.45, 2.75) is 19.4 Å². The van der Waals surface area contributed by atoms with Crippen LogP contribution in [-0.4, -0.2) is 38.3 Å². The van der Waals surface area contributed by atoms with Crippen molar-refractivity contribution >= 4 is 12.0 Å². The van der Waals surface area contributed by atoms with E-state index in [0.717, 1.165) is 18.7 Å². The Morgan fingerprint density at radius 1 is 1.65 bits per heavy atom. The molecule has 0 aliphatic carbocycles. The van der Waals surface area contributed by atoms with E-state index in [4.69, 9.17) is 9.15 Å². The first-order chi connectivity index (χ1) is 9.81. The lowest BCUT2D eigenvalue weighted by Gasteiger charge is -2.31. The number of hydrogen-bond donors (Lipinski definition) is 2. The van der Waals surface area contributed by atoms with Crippen molar-refractivity contribution in [2.75, 3.05) is 26.2 Å². The minimum Gasteiger partial charge on any atom is -0.466 e. The van der Waals surface area contributed by atoms with E-state index in [1.165, 1.54) is 0 Å². The summed E-state index contributed by atoms with van der Waals surface area (Å²) in [7, 11) is 0. The fourth-order valence-corrected chi connectivity index (χ4v) is 2.38. The molecule has 20 heavy (non-hydrogen) atoms. The minimum atomic E-state index is -0.118. The molecule has 0 saturated carbocycles. The monoisotopic (exact) mass is 278 g/mol. The highest BCUT2D eigenvalue weighted by Gasteiger charge is 2.31. The largest absolute Gasteiger partial charge is 0.466 e. The summed E-state index contributed by atoms with van der Waals surface area (Å²) in [4.78, 5) is 11.9. The minimum absolute atomic E-state index is 0.110. The van der Waals surface area contributed by atoms with E-state index in [1.54, 1.807) is 6.26 Å². The molecule has 0 spiro atoms. The average Bonchev–Trinajstić information content (AvgIpc) is 2.97. The summed E-state index contributed by atoms with van der Waals surface area (Å²) < 4.78 is 10.3. The van der Waals surface area contributed by atoms with E-state index >= 15 is 0 Å². The highest BCUT2D eigenvalue weighted by molar-refractivity contribution is 5.73. The number of nitrogens with one attached hydrogen (secondary N) is 2. The molecule has 1 aliphatic heterocycles. The van der Waals surface area contributed by atoms with Crippen LogP contribution >= 0.6 is 0 Å². The van der Waals surface area contributed by atoms with Gasteiger partial charge in [0.1, 0.15) is 5.76 Å². The Morgan fingerprint density at radius 3 is 3.30 bits per heavy atom. The van der Waals surface area contributed by atoms with Crippen LogP contribution < -0.4 is 10.6 Å². The predicted molar refractivity (Wildman–Crippen MR) is 77.1 cm³/mol. The summed E-state index contributed by atoms with van der Waals surface area (Å²) in [5.41, 5.74) is 0. The Hall–Kier alpha value is -1.59. The predicted octanol–water partition coefficient (Wildman–Crippen LogP) is 1.42. The molecule has 0 amide bonds. The number of piperidine rings is 1. The molecule has 1 saturated heterocycles. The van der Waals surface area contributed by atoms with Gasteiger partial charge in [0, 0.05) is 19.1 Å². The van der Waals surface area contributed by atoms with Gasteiger partial charge in [-0.15, -0.1) is 0 Å². The summed E-state index contributed by atoms with van der Waals surface area (Å²) in [5, 5.41) is 6.65. The van der Waals surface area contributed by atoms with Gasteiger partial charge in [-0.05, 0) is 38.1 Å². The van der Waals surface area contributed by atoms with Gasteiger partial charge in [-0.2, -0.15) is 0 Å². The van der Waals surface area contributed by atoms with Crippen LogP contribution in [0.3, 0.4) is 0 Å². The van der Waals surface area contributed by atoms with E-state index in [9.17, 15) is 4.79 Å². The normalized spacial score (nSPS) is 23.1. The standard InChI is InChI=1S/C15H22N2O3/c1-2-19-15(18)13-11-16-9-7-14(13)17-8-3-5-12-6-4-10-20-12/h3-6,10,13-14,16-17H,2,7-9,11H2,1H3/t13-,14+/m0/s1. The maximum Gasteiger partial charge on any atom is 0.311 e. The molecule has 2 heterocycles. The van der Waals surface area contributed by atoms with Crippen LogP contribution in [0.5, 0.6) is 0 Å². The van der Waals surface area contributed by atoms with Gasteiger partial charge in [0.05, 0.1) is 18.8 Å². The van der Waals surface area contributed by atoms with E-state index in [0.29, 0.717) is 19.7 Å². The third-order valence-electron chi connectivity index (χ3n) is 3.39. The third-order valence-corrected chi connectivity index (χ3v) is 3.39. The molecule has 2 rings (SSSR count). The van der Waals surface area contributed by atoms with Gasteiger partial charge in [0.25, 0.3) is 0 Å². The Morgan fingerprint density at radius 2 is 2.55 bits per heavy atom. The third kappa shape index (κ3) is 4.21. The topological polar surface area (TPSA) is 63.5 Å². The van der Waals surface area contributed by atoms with Crippen LogP contribution in [0.2, 0.25) is 0 Å². The maximum absolute atomic E-state index is 11.9. The number of esters is 1. The van der Waals surface area contributed by atoms with Crippen molar-refractivity contribution in [2.24, 2.45) is 5.92 Å². The van der Waals surface area contributed by atoms with E-state index < -0.39 is 0 Å². The summed E-state index contributed by atoms with van der Waals surface area (Å²) >= 11 is 0. The quantitative estimate of drug-likeness (QED) is 0.771. The van der Waals surface area contributed by atoms with Crippen molar-refractivity contribution in [3.63, 3.8) is 0 Å². The Labute approximate surface area is 119 Å². The molecule has 0 radical (unpaired) electrons. The van der Waals surface area contributed by atoms with Gasteiger partial charge in [0.15, 0.2) is 0 Å². The van der Waals surface area contributed by atoms with Gasteiger partial charge >= 0.3 is 5.97 Å². The van der Waals surface area contributed by atoms with Crippen LogP contribution in [0.4, 0.5) is 0 Å². The molecule has 5 heteroatoms. The average molecular weight is 278 g/mol. The molecule has 2 atom stereocenters. The van der Waals surface area contributed by atoms with E-state index in [-0.39, 0.29) is 17.9 Å².